The molecule has 0 spiro atoms. The Morgan fingerprint density at radius 3 is 2.79 bits per heavy atom. The maximum Gasteiger partial charge on any atom is 0.239 e. The Morgan fingerprint density at radius 2 is 1.97 bits per heavy atom. The van der Waals surface area contributed by atoms with Gasteiger partial charge in [-0.3, -0.25) is 9.36 Å². The maximum absolute atomic E-state index is 13.1. The van der Waals surface area contributed by atoms with Crippen molar-refractivity contribution in [3.63, 3.8) is 0 Å². The van der Waals surface area contributed by atoms with Crippen molar-refractivity contribution in [3.05, 3.63) is 90.1 Å². The van der Waals surface area contributed by atoms with Crippen molar-refractivity contribution >= 4 is 17.4 Å². The highest BCUT2D eigenvalue weighted by molar-refractivity contribution is 5.81. The normalized spacial score (nSPS) is 12.1. The lowest BCUT2D eigenvalue weighted by Crippen LogP contribution is -2.40. The van der Waals surface area contributed by atoms with E-state index in [1.165, 1.54) is 16.8 Å². The van der Waals surface area contributed by atoms with E-state index >= 15 is 0 Å². The number of imidazole rings is 1. The smallest absolute Gasteiger partial charge is 0.239 e. The summed E-state index contributed by atoms with van der Waals surface area (Å²) in [5.74, 6) is 2.21. The van der Waals surface area contributed by atoms with E-state index in [1.54, 1.807) is 17.1 Å². The lowest BCUT2D eigenvalue weighted by Gasteiger charge is -2.26. The second kappa shape index (κ2) is 12.4. The molecule has 1 aliphatic heterocycles. The van der Waals surface area contributed by atoms with Crippen LogP contribution in [0.15, 0.2) is 73.3 Å². The van der Waals surface area contributed by atoms with E-state index in [4.69, 9.17) is 9.72 Å². The number of anilines is 2. The van der Waals surface area contributed by atoms with Gasteiger partial charge < -0.3 is 19.9 Å². The molecule has 2 aromatic heterocycles. The Bertz CT molecular complexity index is 1380. The molecule has 0 unspecified atom stereocenters. The Hall–Kier alpha value is -4.40. The number of hydrogen-bond donors (Lipinski definition) is 1. The van der Waals surface area contributed by atoms with Crippen LogP contribution in [0.5, 0.6) is 5.75 Å². The number of para-hydroxylation sites is 1. The number of aromatic nitrogens is 4. The molecule has 2 aromatic carbocycles. The van der Waals surface area contributed by atoms with Gasteiger partial charge in [0.15, 0.2) is 0 Å². The SMILES string of the molecule is Cc1cc(N(CCCN(C)c2ccccc2)CC(=O)NCCc2ccc3c(c2)CCO3)nc(-n2ccnc2)n1. The summed E-state index contributed by atoms with van der Waals surface area (Å²) in [6.07, 6.45) is 7.77. The molecule has 4 aromatic rings. The van der Waals surface area contributed by atoms with Gasteiger partial charge in [-0.05, 0) is 49.1 Å². The van der Waals surface area contributed by atoms with Crippen molar-refractivity contribution in [2.45, 2.75) is 26.2 Å². The highest BCUT2D eigenvalue weighted by Gasteiger charge is 2.16. The molecule has 39 heavy (non-hydrogen) atoms. The van der Waals surface area contributed by atoms with Crippen LogP contribution >= 0.6 is 0 Å². The summed E-state index contributed by atoms with van der Waals surface area (Å²) in [7, 11) is 2.09. The Labute approximate surface area is 229 Å². The molecule has 0 fully saturated rings. The highest BCUT2D eigenvalue weighted by atomic mass is 16.5. The zero-order chi connectivity index (χ0) is 27.0. The van der Waals surface area contributed by atoms with E-state index in [0.29, 0.717) is 19.0 Å². The van der Waals surface area contributed by atoms with Gasteiger partial charge >= 0.3 is 0 Å². The minimum atomic E-state index is -0.0312. The number of benzene rings is 2. The average Bonchev–Trinajstić information content (AvgIpc) is 3.65. The molecule has 3 heterocycles. The largest absolute Gasteiger partial charge is 0.493 e. The molecular weight excluding hydrogens is 490 g/mol. The number of nitrogens with one attached hydrogen (secondary N) is 1. The molecule has 0 saturated heterocycles. The van der Waals surface area contributed by atoms with Crippen LogP contribution in [-0.4, -0.2) is 65.3 Å². The van der Waals surface area contributed by atoms with Crippen molar-refractivity contribution in [2.75, 3.05) is 49.6 Å². The van der Waals surface area contributed by atoms with Gasteiger partial charge in [0.05, 0.1) is 13.2 Å². The number of aryl methyl sites for hydroxylation is 1. The third kappa shape index (κ3) is 6.93. The topological polar surface area (TPSA) is 88.4 Å². The first-order chi connectivity index (χ1) is 19.0. The number of fused-ring (bicyclic) bond motifs is 1. The predicted octanol–water partition coefficient (Wildman–Crippen LogP) is 3.60. The van der Waals surface area contributed by atoms with Crippen LogP contribution in [0.2, 0.25) is 0 Å². The summed E-state index contributed by atoms with van der Waals surface area (Å²) in [5.41, 5.74) is 4.45. The first-order valence-corrected chi connectivity index (χ1v) is 13.4. The van der Waals surface area contributed by atoms with Gasteiger partial charge in [-0.25, -0.2) is 9.97 Å². The average molecular weight is 526 g/mol. The lowest BCUT2D eigenvalue weighted by atomic mass is 10.1. The van der Waals surface area contributed by atoms with Gasteiger partial charge in [-0.1, -0.05) is 30.3 Å². The minimum Gasteiger partial charge on any atom is -0.493 e. The molecule has 5 rings (SSSR count). The molecular formula is C30H35N7O2. The van der Waals surface area contributed by atoms with Gasteiger partial charge in [0, 0.05) is 62.9 Å². The number of hydrogen-bond acceptors (Lipinski definition) is 7. The molecule has 0 saturated carbocycles. The van der Waals surface area contributed by atoms with Gasteiger partial charge in [-0.15, -0.1) is 0 Å². The van der Waals surface area contributed by atoms with Gasteiger partial charge in [0.25, 0.3) is 0 Å². The van der Waals surface area contributed by atoms with Crippen LogP contribution in [0, 0.1) is 6.92 Å². The lowest BCUT2D eigenvalue weighted by molar-refractivity contribution is -0.119. The second-order valence-electron chi connectivity index (χ2n) is 9.81. The molecule has 1 amide bonds. The van der Waals surface area contributed by atoms with Crippen molar-refractivity contribution in [1.82, 2.24) is 24.8 Å². The number of ether oxygens (including phenoxy) is 1. The quantitative estimate of drug-likeness (QED) is 0.302. The summed E-state index contributed by atoms with van der Waals surface area (Å²) in [5, 5.41) is 3.10. The molecule has 1 aliphatic rings. The summed E-state index contributed by atoms with van der Waals surface area (Å²) in [6, 6.07) is 18.5. The monoisotopic (exact) mass is 525 g/mol. The van der Waals surface area contributed by atoms with E-state index in [-0.39, 0.29) is 12.5 Å². The molecule has 202 valence electrons. The number of amides is 1. The summed E-state index contributed by atoms with van der Waals surface area (Å²) < 4.78 is 7.38. The van der Waals surface area contributed by atoms with Crippen LogP contribution in [0.25, 0.3) is 5.95 Å². The Kier molecular flexibility index (Phi) is 8.36. The number of carbonyl (C=O) groups excluding carboxylic acids is 1. The summed E-state index contributed by atoms with van der Waals surface area (Å²) >= 11 is 0. The molecule has 0 radical (unpaired) electrons. The highest BCUT2D eigenvalue weighted by Crippen LogP contribution is 2.26. The van der Waals surface area contributed by atoms with Gasteiger partial charge in [0.2, 0.25) is 11.9 Å². The second-order valence-corrected chi connectivity index (χ2v) is 9.81. The predicted molar refractivity (Wildman–Crippen MR) is 153 cm³/mol. The fourth-order valence-corrected chi connectivity index (χ4v) is 4.75. The van der Waals surface area contributed by atoms with Crippen LogP contribution < -0.4 is 19.9 Å². The fourth-order valence-electron chi connectivity index (χ4n) is 4.75. The third-order valence-corrected chi connectivity index (χ3v) is 6.83. The zero-order valence-electron chi connectivity index (χ0n) is 22.6. The fraction of sp³-hybridized carbons (Fsp3) is 0.333. The molecule has 9 nitrogen and oxygen atoms in total. The number of nitrogens with zero attached hydrogens (tertiary/aromatic N) is 6. The first-order valence-electron chi connectivity index (χ1n) is 13.4. The number of rotatable bonds is 12. The standard InChI is InChI=1S/C30H35N7O2/c1-23-19-28(34-30(33-23)37-17-14-31-22-37)36(16-6-15-35(2)26-7-4-3-5-8-26)21-29(38)32-13-11-24-9-10-27-25(20-24)12-18-39-27/h3-5,7-10,14,17,19-20,22H,6,11-13,15-16,18,21H2,1-2H3,(H,32,38). The van der Waals surface area contributed by atoms with E-state index in [0.717, 1.165) is 49.7 Å². The van der Waals surface area contributed by atoms with E-state index in [2.05, 4.69) is 51.5 Å². The van der Waals surface area contributed by atoms with Crippen molar-refractivity contribution < 1.29 is 9.53 Å². The van der Waals surface area contributed by atoms with Crippen LogP contribution in [-0.2, 0) is 17.6 Å². The van der Waals surface area contributed by atoms with Crippen molar-refractivity contribution in [3.8, 4) is 11.7 Å². The zero-order valence-corrected chi connectivity index (χ0v) is 22.6. The molecule has 0 atom stereocenters. The molecule has 9 heteroatoms. The molecule has 1 N–H and O–H groups in total. The first kappa shape index (κ1) is 26.2. The van der Waals surface area contributed by atoms with E-state index in [1.807, 2.05) is 48.4 Å². The summed E-state index contributed by atoms with van der Waals surface area (Å²) in [4.78, 5) is 30.8. The minimum absolute atomic E-state index is 0.0312. The van der Waals surface area contributed by atoms with Crippen LogP contribution in [0.4, 0.5) is 11.5 Å². The van der Waals surface area contributed by atoms with Crippen LogP contribution in [0.1, 0.15) is 23.2 Å². The van der Waals surface area contributed by atoms with E-state index < -0.39 is 0 Å². The van der Waals surface area contributed by atoms with Crippen molar-refractivity contribution in [1.29, 1.82) is 0 Å². The Balaban J connectivity index is 1.24. The maximum atomic E-state index is 13.1. The number of carbonyl (C=O) groups is 1. The van der Waals surface area contributed by atoms with Crippen molar-refractivity contribution in [2.24, 2.45) is 0 Å². The third-order valence-electron chi connectivity index (χ3n) is 6.83. The molecule has 0 bridgehead atoms. The van der Waals surface area contributed by atoms with Crippen LogP contribution in [0.3, 0.4) is 0 Å². The van der Waals surface area contributed by atoms with E-state index in [9.17, 15) is 4.79 Å². The van der Waals surface area contributed by atoms with Gasteiger partial charge in [0.1, 0.15) is 17.9 Å². The van der Waals surface area contributed by atoms with Gasteiger partial charge in [-0.2, -0.15) is 4.98 Å². The molecule has 0 aliphatic carbocycles. The summed E-state index contributed by atoms with van der Waals surface area (Å²) in [6.45, 7) is 5.00. The Morgan fingerprint density at radius 1 is 1.10 bits per heavy atom.